The Hall–Kier alpha value is -2.04. The van der Waals surface area contributed by atoms with E-state index in [1.54, 1.807) is 25.2 Å². The number of carbonyl (C=O) groups is 2. The number of ether oxygens (including phenoxy) is 2. The van der Waals surface area contributed by atoms with Crippen LogP contribution in [0.15, 0.2) is 24.3 Å². The summed E-state index contributed by atoms with van der Waals surface area (Å²) in [6.45, 7) is 5.44. The highest BCUT2D eigenvalue weighted by Gasteiger charge is 2.20. The lowest BCUT2D eigenvalue weighted by atomic mass is 10.1. The predicted octanol–water partition coefficient (Wildman–Crippen LogP) is 2.77. The van der Waals surface area contributed by atoms with Gasteiger partial charge in [0.2, 0.25) is 0 Å². The fraction of sp³-hybridized carbons (Fsp3) is 0.467. The quantitative estimate of drug-likeness (QED) is 0.798. The molecule has 0 spiro atoms. The number of benzene rings is 1. The smallest absolute Gasteiger partial charge is 0.414 e. The van der Waals surface area contributed by atoms with Gasteiger partial charge < -0.3 is 9.47 Å². The number of amides is 1. The molecule has 0 radical (unpaired) electrons. The van der Waals surface area contributed by atoms with E-state index in [4.69, 9.17) is 4.74 Å². The van der Waals surface area contributed by atoms with Gasteiger partial charge in [0.05, 0.1) is 13.5 Å². The molecule has 0 N–H and O–H groups in total. The normalized spacial score (nSPS) is 10.8. The highest BCUT2D eigenvalue weighted by molar-refractivity contribution is 5.87. The van der Waals surface area contributed by atoms with Gasteiger partial charge in [0.25, 0.3) is 0 Å². The van der Waals surface area contributed by atoms with Gasteiger partial charge in [-0.2, -0.15) is 0 Å². The number of carbonyl (C=O) groups excluding carboxylic acids is 2. The number of nitrogens with zero attached hydrogens (tertiary/aromatic N) is 1. The van der Waals surface area contributed by atoms with Crippen molar-refractivity contribution in [2.24, 2.45) is 0 Å². The van der Waals surface area contributed by atoms with E-state index in [9.17, 15) is 9.59 Å². The third-order valence-corrected chi connectivity index (χ3v) is 2.54. The molecule has 0 saturated carbocycles. The summed E-state index contributed by atoms with van der Waals surface area (Å²) in [4.78, 5) is 24.6. The van der Waals surface area contributed by atoms with Crippen molar-refractivity contribution in [3.8, 4) is 0 Å². The van der Waals surface area contributed by atoms with Crippen LogP contribution in [0.4, 0.5) is 10.5 Å². The van der Waals surface area contributed by atoms with Crippen molar-refractivity contribution in [1.82, 2.24) is 0 Å². The van der Waals surface area contributed by atoms with Crippen LogP contribution in [0.3, 0.4) is 0 Å². The van der Waals surface area contributed by atoms with Crippen LogP contribution in [0.25, 0.3) is 0 Å². The van der Waals surface area contributed by atoms with Crippen LogP contribution in [0.1, 0.15) is 26.3 Å². The van der Waals surface area contributed by atoms with Gasteiger partial charge in [0.15, 0.2) is 0 Å². The van der Waals surface area contributed by atoms with Crippen LogP contribution >= 0.6 is 0 Å². The van der Waals surface area contributed by atoms with E-state index in [0.29, 0.717) is 5.69 Å². The molecular weight excluding hydrogens is 258 g/mol. The summed E-state index contributed by atoms with van der Waals surface area (Å²) >= 11 is 0. The Labute approximate surface area is 119 Å². The Kier molecular flexibility index (Phi) is 5.13. The largest absolute Gasteiger partial charge is 0.469 e. The molecule has 0 unspecified atom stereocenters. The lowest BCUT2D eigenvalue weighted by Crippen LogP contribution is -2.34. The lowest BCUT2D eigenvalue weighted by molar-refractivity contribution is -0.139. The molecule has 110 valence electrons. The molecule has 0 aromatic heterocycles. The molecule has 5 nitrogen and oxygen atoms in total. The van der Waals surface area contributed by atoms with Gasteiger partial charge >= 0.3 is 12.1 Å². The molecule has 0 aliphatic heterocycles. The van der Waals surface area contributed by atoms with E-state index < -0.39 is 11.7 Å². The van der Waals surface area contributed by atoms with Crippen molar-refractivity contribution in [3.63, 3.8) is 0 Å². The minimum atomic E-state index is -0.547. The first-order valence-corrected chi connectivity index (χ1v) is 6.35. The second-order valence-corrected chi connectivity index (χ2v) is 5.46. The Balaban J connectivity index is 2.83. The maximum absolute atomic E-state index is 12.0. The highest BCUT2D eigenvalue weighted by atomic mass is 16.6. The summed E-state index contributed by atoms with van der Waals surface area (Å²) in [5.41, 5.74) is 0.903. The third kappa shape index (κ3) is 4.91. The number of methoxy groups -OCH3 is 1. The van der Waals surface area contributed by atoms with Crippen molar-refractivity contribution in [3.05, 3.63) is 29.8 Å². The Morgan fingerprint density at radius 1 is 1.25 bits per heavy atom. The summed E-state index contributed by atoms with van der Waals surface area (Å²) < 4.78 is 9.92. The van der Waals surface area contributed by atoms with E-state index in [0.717, 1.165) is 5.56 Å². The molecule has 0 atom stereocenters. The van der Waals surface area contributed by atoms with Crippen LogP contribution < -0.4 is 4.90 Å². The van der Waals surface area contributed by atoms with Crippen molar-refractivity contribution in [1.29, 1.82) is 0 Å². The number of hydrogen-bond acceptors (Lipinski definition) is 4. The molecule has 1 rings (SSSR count). The van der Waals surface area contributed by atoms with E-state index >= 15 is 0 Å². The maximum Gasteiger partial charge on any atom is 0.414 e. The molecule has 0 fully saturated rings. The molecule has 20 heavy (non-hydrogen) atoms. The molecule has 5 heteroatoms. The van der Waals surface area contributed by atoms with Crippen molar-refractivity contribution < 1.29 is 19.1 Å². The summed E-state index contributed by atoms with van der Waals surface area (Å²) in [6, 6.07) is 7.14. The monoisotopic (exact) mass is 279 g/mol. The number of hydrogen-bond donors (Lipinski definition) is 0. The summed E-state index contributed by atoms with van der Waals surface area (Å²) in [7, 11) is 2.98. The first-order valence-electron chi connectivity index (χ1n) is 6.35. The van der Waals surface area contributed by atoms with Crippen LogP contribution in [-0.2, 0) is 20.7 Å². The fourth-order valence-electron chi connectivity index (χ4n) is 1.55. The topological polar surface area (TPSA) is 55.8 Å². The second kappa shape index (κ2) is 6.41. The molecular formula is C15H21NO4. The molecule has 1 aromatic carbocycles. The van der Waals surface area contributed by atoms with Crippen molar-refractivity contribution in [2.75, 3.05) is 19.1 Å². The minimum Gasteiger partial charge on any atom is -0.469 e. The summed E-state index contributed by atoms with van der Waals surface area (Å²) in [5, 5.41) is 0. The zero-order valence-electron chi connectivity index (χ0n) is 12.6. The van der Waals surface area contributed by atoms with Gasteiger partial charge in [-0.15, -0.1) is 0 Å². The number of rotatable bonds is 3. The average Bonchev–Trinajstić information content (AvgIpc) is 2.36. The maximum atomic E-state index is 12.0. The lowest BCUT2D eigenvalue weighted by Gasteiger charge is -2.24. The predicted molar refractivity (Wildman–Crippen MR) is 76.8 cm³/mol. The fourth-order valence-corrected chi connectivity index (χ4v) is 1.55. The highest BCUT2D eigenvalue weighted by Crippen LogP contribution is 2.18. The van der Waals surface area contributed by atoms with Crippen LogP contribution in [0, 0.1) is 0 Å². The van der Waals surface area contributed by atoms with Crippen LogP contribution in [0.5, 0.6) is 0 Å². The SMILES string of the molecule is COC(=O)Cc1cccc(N(C)C(=O)OC(C)(C)C)c1. The van der Waals surface area contributed by atoms with Gasteiger partial charge in [0.1, 0.15) is 5.60 Å². The van der Waals surface area contributed by atoms with Crippen molar-refractivity contribution in [2.45, 2.75) is 32.8 Å². The molecule has 0 aliphatic carbocycles. The first-order chi connectivity index (χ1) is 9.23. The van der Waals surface area contributed by atoms with Crippen LogP contribution in [-0.4, -0.2) is 31.8 Å². The Bertz CT molecular complexity index is 491. The second-order valence-electron chi connectivity index (χ2n) is 5.46. The molecule has 1 aromatic rings. The van der Waals surface area contributed by atoms with Crippen molar-refractivity contribution >= 4 is 17.7 Å². The van der Waals surface area contributed by atoms with Gasteiger partial charge in [0, 0.05) is 12.7 Å². The minimum absolute atomic E-state index is 0.173. The zero-order chi connectivity index (χ0) is 15.3. The molecule has 0 heterocycles. The average molecular weight is 279 g/mol. The third-order valence-electron chi connectivity index (χ3n) is 2.54. The molecule has 1 amide bonds. The van der Waals surface area contributed by atoms with Gasteiger partial charge in [-0.05, 0) is 38.5 Å². The summed E-state index contributed by atoms with van der Waals surface area (Å²) in [6.07, 6.45) is -0.264. The Morgan fingerprint density at radius 2 is 1.90 bits per heavy atom. The number of anilines is 1. The van der Waals surface area contributed by atoms with Gasteiger partial charge in [-0.25, -0.2) is 4.79 Å². The van der Waals surface area contributed by atoms with Crippen LogP contribution in [0.2, 0.25) is 0 Å². The molecule has 0 bridgehead atoms. The van der Waals surface area contributed by atoms with E-state index in [1.807, 2.05) is 26.8 Å². The molecule has 0 aliphatic rings. The zero-order valence-corrected chi connectivity index (χ0v) is 12.6. The van der Waals surface area contributed by atoms with E-state index in [1.165, 1.54) is 12.0 Å². The van der Waals surface area contributed by atoms with Gasteiger partial charge in [-0.1, -0.05) is 12.1 Å². The Morgan fingerprint density at radius 3 is 2.45 bits per heavy atom. The van der Waals surface area contributed by atoms with Gasteiger partial charge in [-0.3, -0.25) is 9.69 Å². The molecule has 0 saturated heterocycles. The first kappa shape index (κ1) is 16.0. The summed E-state index contributed by atoms with van der Waals surface area (Å²) in [5.74, 6) is -0.318. The van der Waals surface area contributed by atoms with E-state index in [-0.39, 0.29) is 12.4 Å². The van der Waals surface area contributed by atoms with E-state index in [2.05, 4.69) is 4.74 Å². The standard InChI is InChI=1S/C15H21NO4/c1-15(2,3)20-14(18)16(4)12-8-6-7-11(9-12)10-13(17)19-5/h6-9H,10H2,1-5H3. The number of esters is 1.